The van der Waals surface area contributed by atoms with Crippen molar-refractivity contribution < 1.29 is 23.1 Å². The average molecular weight is 583 g/mol. The van der Waals surface area contributed by atoms with E-state index in [2.05, 4.69) is 40.8 Å². The molecule has 0 saturated carbocycles. The van der Waals surface area contributed by atoms with Crippen LogP contribution in [0.4, 0.5) is 14.5 Å². The summed E-state index contributed by atoms with van der Waals surface area (Å²) >= 11 is 6.31. The largest absolute Gasteiger partial charge is 0.480 e. The number of hydrogen-bond donors (Lipinski definition) is 2. The lowest BCUT2D eigenvalue weighted by atomic mass is 10.0. The third-order valence-electron chi connectivity index (χ3n) is 5.72. The molecule has 0 saturated heterocycles. The molecule has 0 bridgehead atoms. The molecule has 0 fully saturated rings. The Bertz CT molecular complexity index is 1800. The number of fused-ring (bicyclic) bond motifs is 1. The molecule has 4 heterocycles. The minimum atomic E-state index is -1.34. The van der Waals surface area contributed by atoms with Gasteiger partial charge in [-0.05, 0) is 44.5 Å². The molecule has 0 aliphatic heterocycles. The van der Waals surface area contributed by atoms with Crippen molar-refractivity contribution >= 4 is 40.0 Å². The highest BCUT2D eigenvalue weighted by atomic mass is 35.5. The molecular formula is C25H21ClF2N10O3. The third kappa shape index (κ3) is 5.38. The van der Waals surface area contributed by atoms with Crippen LogP contribution in [0.2, 0.25) is 5.02 Å². The Morgan fingerprint density at radius 3 is 2.46 bits per heavy atom. The topological polar surface area (TPSA) is 155 Å². The van der Waals surface area contributed by atoms with Gasteiger partial charge in [-0.3, -0.25) is 9.59 Å². The number of aryl methyl sites for hydroxylation is 1. The van der Waals surface area contributed by atoms with Gasteiger partial charge in [0.2, 0.25) is 5.88 Å². The number of aromatic nitrogens is 8. The molecule has 13 nitrogen and oxygen atoms in total. The first kappa shape index (κ1) is 27.5. The zero-order valence-electron chi connectivity index (χ0n) is 22.0. The van der Waals surface area contributed by atoms with E-state index in [0.717, 1.165) is 4.68 Å². The number of carbonyl (C=O) groups excluding carboxylic acids is 2. The normalized spacial score (nSPS) is 11.2. The van der Waals surface area contributed by atoms with Gasteiger partial charge < -0.3 is 15.4 Å². The summed E-state index contributed by atoms with van der Waals surface area (Å²) in [5.41, 5.74) is 0.756. The van der Waals surface area contributed by atoms with Gasteiger partial charge in [-0.1, -0.05) is 11.6 Å². The second-order valence-electron chi connectivity index (χ2n) is 9.00. The van der Waals surface area contributed by atoms with E-state index in [1.807, 2.05) is 0 Å². The Hall–Kier alpha value is -5.05. The van der Waals surface area contributed by atoms with Crippen molar-refractivity contribution in [3.63, 3.8) is 0 Å². The number of halogens is 3. The molecular weight excluding hydrogens is 562 g/mol. The summed E-state index contributed by atoms with van der Waals surface area (Å²) in [7, 11) is 1.39. The average Bonchev–Trinajstić information content (AvgIpc) is 3.53. The van der Waals surface area contributed by atoms with E-state index in [9.17, 15) is 18.4 Å². The van der Waals surface area contributed by atoms with Gasteiger partial charge in [0.25, 0.3) is 17.8 Å². The van der Waals surface area contributed by atoms with Crippen molar-refractivity contribution in [2.45, 2.75) is 26.8 Å². The molecule has 0 unspecified atom stereocenters. The second-order valence-corrected chi connectivity index (χ2v) is 9.41. The Labute approximate surface area is 235 Å². The lowest BCUT2D eigenvalue weighted by Crippen LogP contribution is -2.31. The summed E-state index contributed by atoms with van der Waals surface area (Å²) in [6, 6.07) is 5.98. The third-order valence-corrected chi connectivity index (χ3v) is 6.02. The van der Waals surface area contributed by atoms with Crippen LogP contribution in [0.1, 0.15) is 40.3 Å². The summed E-state index contributed by atoms with van der Waals surface area (Å²) in [6.45, 7) is 5.20. The summed E-state index contributed by atoms with van der Waals surface area (Å²) in [4.78, 5) is 41.2. The van der Waals surface area contributed by atoms with Gasteiger partial charge in [-0.15, -0.1) is 5.10 Å². The van der Waals surface area contributed by atoms with Crippen molar-refractivity contribution in [1.29, 1.82) is 0 Å². The number of anilines is 1. The van der Waals surface area contributed by atoms with Gasteiger partial charge in [0.1, 0.15) is 11.2 Å². The van der Waals surface area contributed by atoms with E-state index >= 15 is 0 Å². The quantitative estimate of drug-likeness (QED) is 0.293. The number of nitrogens with zero attached hydrogens (tertiary/aromatic N) is 8. The molecule has 1 aromatic carbocycles. The summed E-state index contributed by atoms with van der Waals surface area (Å²) < 4.78 is 34.8. The van der Waals surface area contributed by atoms with E-state index in [4.69, 9.17) is 16.3 Å². The SMILES string of the molecule is COc1cc(C(=O)Nc2c(C)cc3cn(-c4nc(F)nc(F)n4)nc3c2C(=O)NC(C)C)n(-c2ncccc2Cl)n1. The van der Waals surface area contributed by atoms with Crippen molar-refractivity contribution in [2.75, 3.05) is 12.4 Å². The van der Waals surface area contributed by atoms with Gasteiger partial charge >= 0.3 is 12.2 Å². The summed E-state index contributed by atoms with van der Waals surface area (Å²) in [5, 5.41) is 14.8. The molecule has 16 heteroatoms. The highest BCUT2D eigenvalue weighted by molar-refractivity contribution is 6.32. The molecule has 41 heavy (non-hydrogen) atoms. The van der Waals surface area contributed by atoms with E-state index in [1.54, 1.807) is 39.0 Å². The molecule has 4 aromatic heterocycles. The molecule has 0 aliphatic carbocycles. The Balaban J connectivity index is 1.65. The fourth-order valence-corrected chi connectivity index (χ4v) is 4.24. The van der Waals surface area contributed by atoms with Crippen LogP contribution in [-0.2, 0) is 0 Å². The first-order valence-corrected chi connectivity index (χ1v) is 12.4. The Morgan fingerprint density at radius 1 is 1.07 bits per heavy atom. The summed E-state index contributed by atoms with van der Waals surface area (Å²) in [6.07, 6.45) is 0.212. The van der Waals surface area contributed by atoms with Crippen LogP contribution in [0.5, 0.6) is 5.88 Å². The minimum Gasteiger partial charge on any atom is -0.480 e. The monoisotopic (exact) mass is 582 g/mol. The lowest BCUT2D eigenvalue weighted by Gasteiger charge is -2.16. The smallest absolute Gasteiger partial charge is 0.315 e. The second kappa shape index (κ2) is 10.8. The van der Waals surface area contributed by atoms with E-state index < -0.39 is 29.9 Å². The zero-order valence-corrected chi connectivity index (χ0v) is 22.7. The Kier molecular flexibility index (Phi) is 7.28. The molecule has 2 amide bonds. The molecule has 0 spiro atoms. The molecule has 0 aliphatic rings. The predicted octanol–water partition coefficient (Wildman–Crippen LogP) is 3.43. The first-order valence-electron chi connectivity index (χ1n) is 12.0. The number of amides is 2. The Morgan fingerprint density at radius 2 is 1.80 bits per heavy atom. The molecule has 210 valence electrons. The van der Waals surface area contributed by atoms with Gasteiger partial charge in [0.15, 0.2) is 5.82 Å². The van der Waals surface area contributed by atoms with E-state index in [0.29, 0.717) is 10.9 Å². The maximum absolute atomic E-state index is 13.7. The number of hydrogen-bond acceptors (Lipinski definition) is 9. The van der Waals surface area contributed by atoms with Crippen molar-refractivity contribution in [3.05, 3.63) is 70.7 Å². The molecule has 5 rings (SSSR count). The highest BCUT2D eigenvalue weighted by Crippen LogP contribution is 2.31. The van der Waals surface area contributed by atoms with Crippen LogP contribution < -0.4 is 15.4 Å². The van der Waals surface area contributed by atoms with Crippen molar-refractivity contribution in [2.24, 2.45) is 0 Å². The van der Waals surface area contributed by atoms with Gasteiger partial charge in [0.05, 0.1) is 23.4 Å². The van der Waals surface area contributed by atoms with Crippen LogP contribution in [0.3, 0.4) is 0 Å². The molecule has 2 N–H and O–H groups in total. The fourth-order valence-electron chi connectivity index (χ4n) is 4.04. The van der Waals surface area contributed by atoms with Crippen LogP contribution in [-0.4, -0.2) is 64.5 Å². The maximum atomic E-state index is 13.7. The number of carbonyl (C=O) groups is 2. The van der Waals surface area contributed by atoms with Gasteiger partial charge in [-0.25, -0.2) is 14.3 Å². The van der Waals surface area contributed by atoms with Crippen LogP contribution in [0.15, 0.2) is 36.7 Å². The van der Waals surface area contributed by atoms with Gasteiger partial charge in [-0.2, -0.15) is 28.8 Å². The number of rotatable bonds is 7. The highest BCUT2D eigenvalue weighted by Gasteiger charge is 2.26. The number of nitrogens with one attached hydrogen (secondary N) is 2. The number of methoxy groups -OCH3 is 1. The van der Waals surface area contributed by atoms with Crippen molar-refractivity contribution in [1.82, 2.24) is 44.8 Å². The maximum Gasteiger partial charge on any atom is 0.315 e. The van der Waals surface area contributed by atoms with E-state index in [-0.39, 0.29) is 45.2 Å². The number of benzene rings is 1. The lowest BCUT2D eigenvalue weighted by molar-refractivity contribution is 0.0945. The molecule has 0 atom stereocenters. The summed E-state index contributed by atoms with van der Waals surface area (Å²) in [5.74, 6) is -1.35. The zero-order chi connectivity index (χ0) is 29.4. The minimum absolute atomic E-state index is 0.00435. The standard InChI is InChI=1S/C25H21ClF2N10O3/c1-11(2)30-22(40)17-18(12(3)8-13-10-37(36-19(13)17)25-33-23(27)32-24(28)34-25)31-21(39)15-9-16(41-4)35-38(15)20-14(26)6-5-7-29-20/h5-11H,1-4H3,(H,30,40)(H,31,39). The van der Waals surface area contributed by atoms with E-state index in [1.165, 1.54) is 30.3 Å². The first-order chi connectivity index (χ1) is 19.5. The number of ether oxygens (including phenoxy) is 1. The molecule has 5 aromatic rings. The van der Waals surface area contributed by atoms with Crippen LogP contribution in [0.25, 0.3) is 22.7 Å². The predicted molar refractivity (Wildman–Crippen MR) is 143 cm³/mol. The number of pyridine rings is 1. The fraction of sp³-hybridized carbons (Fsp3) is 0.200. The van der Waals surface area contributed by atoms with Crippen LogP contribution in [0, 0.1) is 19.1 Å². The molecule has 0 radical (unpaired) electrons. The van der Waals surface area contributed by atoms with Gasteiger partial charge in [0, 0.05) is 29.9 Å². The van der Waals surface area contributed by atoms with Crippen molar-refractivity contribution in [3.8, 4) is 17.6 Å². The van der Waals surface area contributed by atoms with Crippen LogP contribution >= 0.6 is 11.6 Å².